The first-order valence-corrected chi connectivity index (χ1v) is 9.82. The molecule has 134 valence electrons. The molecule has 0 saturated carbocycles. The second kappa shape index (κ2) is 8.52. The van der Waals surface area contributed by atoms with Gasteiger partial charge in [0.25, 0.3) is 11.8 Å². The maximum Gasteiger partial charge on any atom is 0.270 e. The highest BCUT2D eigenvalue weighted by molar-refractivity contribution is 7.14. The molecule has 0 aliphatic carbocycles. The van der Waals surface area contributed by atoms with E-state index in [1.165, 1.54) is 22.7 Å². The third kappa shape index (κ3) is 4.63. The number of aromatic nitrogens is 1. The molecule has 2 amide bonds. The van der Waals surface area contributed by atoms with Crippen molar-refractivity contribution in [1.29, 1.82) is 0 Å². The Morgan fingerprint density at radius 2 is 2.12 bits per heavy atom. The van der Waals surface area contributed by atoms with Crippen molar-refractivity contribution in [2.45, 2.75) is 6.42 Å². The summed E-state index contributed by atoms with van der Waals surface area (Å²) in [4.78, 5) is 33.0. The first-order valence-electron chi connectivity index (χ1n) is 8.06. The second-order valence-electron chi connectivity index (χ2n) is 5.62. The Morgan fingerprint density at radius 3 is 2.76 bits per heavy atom. The highest BCUT2D eigenvalue weighted by atomic mass is 32.1. The minimum Gasteiger partial charge on any atom is -0.379 e. The molecule has 3 rings (SSSR count). The third-order valence-electron chi connectivity index (χ3n) is 3.91. The van der Waals surface area contributed by atoms with Crippen LogP contribution in [0.2, 0.25) is 0 Å². The molecule has 1 aliphatic heterocycles. The van der Waals surface area contributed by atoms with Gasteiger partial charge in [0.15, 0.2) is 5.13 Å². The van der Waals surface area contributed by atoms with Gasteiger partial charge < -0.3 is 10.5 Å². The fourth-order valence-electron chi connectivity index (χ4n) is 2.60. The fraction of sp³-hybridized carbons (Fsp3) is 0.438. The van der Waals surface area contributed by atoms with Gasteiger partial charge in [0.05, 0.1) is 18.1 Å². The number of thiazole rings is 1. The van der Waals surface area contributed by atoms with Crippen LogP contribution in [0.1, 0.15) is 26.6 Å². The molecule has 0 bridgehead atoms. The van der Waals surface area contributed by atoms with Crippen molar-refractivity contribution in [2.24, 2.45) is 5.73 Å². The molecule has 0 aromatic carbocycles. The number of rotatable bonds is 7. The number of morpholine rings is 1. The number of hydrogen-bond acceptors (Lipinski definition) is 7. The molecule has 0 unspecified atom stereocenters. The molecular formula is C16H20N4O3S2. The Kier molecular flexibility index (Phi) is 6.14. The van der Waals surface area contributed by atoms with Crippen LogP contribution in [0.25, 0.3) is 0 Å². The zero-order valence-corrected chi connectivity index (χ0v) is 15.4. The maximum absolute atomic E-state index is 12.8. The molecule has 25 heavy (non-hydrogen) atoms. The lowest BCUT2D eigenvalue weighted by Crippen LogP contribution is -2.39. The monoisotopic (exact) mass is 380 g/mol. The van der Waals surface area contributed by atoms with Crippen molar-refractivity contribution < 1.29 is 14.3 Å². The summed E-state index contributed by atoms with van der Waals surface area (Å²) in [7, 11) is 0. The van der Waals surface area contributed by atoms with E-state index in [-0.39, 0.29) is 11.6 Å². The zero-order chi connectivity index (χ0) is 17.6. The predicted molar refractivity (Wildman–Crippen MR) is 98.5 cm³/mol. The normalized spacial score (nSPS) is 15.2. The van der Waals surface area contributed by atoms with Gasteiger partial charge in [-0.1, -0.05) is 6.07 Å². The molecule has 2 N–H and O–H groups in total. The van der Waals surface area contributed by atoms with Gasteiger partial charge in [0.1, 0.15) is 5.69 Å². The number of ether oxygens (including phenoxy) is 1. The standard InChI is InChI=1S/C16H20N4O3S2/c17-14(21)12-11-25-16(18-12)20(15(22)13-3-1-10-24-13)5-2-4-19-6-8-23-9-7-19/h1,3,10-11H,2,4-9H2,(H2,17,21). The summed E-state index contributed by atoms with van der Waals surface area (Å²) in [6.07, 6.45) is 0.822. The van der Waals surface area contributed by atoms with Crippen LogP contribution in [0.3, 0.4) is 0 Å². The van der Waals surface area contributed by atoms with Crippen LogP contribution < -0.4 is 10.6 Å². The highest BCUT2D eigenvalue weighted by Crippen LogP contribution is 2.24. The number of nitrogens with zero attached hydrogens (tertiary/aromatic N) is 3. The third-order valence-corrected chi connectivity index (χ3v) is 5.63. The Labute approximate surface area is 154 Å². The minimum absolute atomic E-state index is 0.0950. The van der Waals surface area contributed by atoms with Gasteiger partial charge in [-0.15, -0.1) is 22.7 Å². The average Bonchev–Trinajstić information content (AvgIpc) is 3.30. The van der Waals surface area contributed by atoms with E-state index < -0.39 is 5.91 Å². The summed E-state index contributed by atoms with van der Waals surface area (Å²) in [6, 6.07) is 3.64. The molecule has 1 saturated heterocycles. The van der Waals surface area contributed by atoms with Crippen molar-refractivity contribution in [2.75, 3.05) is 44.3 Å². The van der Waals surface area contributed by atoms with E-state index in [0.29, 0.717) is 16.6 Å². The van der Waals surface area contributed by atoms with Gasteiger partial charge in [-0.3, -0.25) is 19.4 Å². The van der Waals surface area contributed by atoms with Gasteiger partial charge in [-0.25, -0.2) is 4.98 Å². The number of anilines is 1. The first-order chi connectivity index (χ1) is 12.1. The topological polar surface area (TPSA) is 88.8 Å². The number of hydrogen-bond donors (Lipinski definition) is 1. The van der Waals surface area contributed by atoms with E-state index in [2.05, 4.69) is 9.88 Å². The second-order valence-corrected chi connectivity index (χ2v) is 7.41. The smallest absolute Gasteiger partial charge is 0.270 e. The Morgan fingerprint density at radius 1 is 1.32 bits per heavy atom. The van der Waals surface area contributed by atoms with Crippen LogP contribution >= 0.6 is 22.7 Å². The summed E-state index contributed by atoms with van der Waals surface area (Å²) < 4.78 is 5.35. The number of primary amides is 1. The molecule has 3 heterocycles. The number of carbonyl (C=O) groups is 2. The van der Waals surface area contributed by atoms with Crippen LogP contribution in [0.4, 0.5) is 5.13 Å². The van der Waals surface area contributed by atoms with Crippen molar-refractivity contribution >= 4 is 39.6 Å². The van der Waals surface area contributed by atoms with Gasteiger partial charge >= 0.3 is 0 Å². The van der Waals surface area contributed by atoms with E-state index in [4.69, 9.17) is 10.5 Å². The van der Waals surface area contributed by atoms with Crippen LogP contribution in [0, 0.1) is 0 Å². The van der Waals surface area contributed by atoms with Gasteiger partial charge in [-0.05, 0) is 17.9 Å². The molecule has 0 radical (unpaired) electrons. The lowest BCUT2D eigenvalue weighted by atomic mass is 10.3. The molecule has 2 aromatic rings. The molecule has 0 spiro atoms. The van der Waals surface area contributed by atoms with Crippen molar-refractivity contribution in [3.63, 3.8) is 0 Å². The molecule has 0 atom stereocenters. The maximum atomic E-state index is 12.8. The number of amides is 2. The van der Waals surface area contributed by atoms with E-state index >= 15 is 0 Å². The van der Waals surface area contributed by atoms with Gasteiger partial charge in [0.2, 0.25) is 0 Å². The fourth-order valence-corrected chi connectivity index (χ4v) is 4.11. The van der Waals surface area contributed by atoms with Crippen molar-refractivity contribution in [3.8, 4) is 0 Å². The lowest BCUT2D eigenvalue weighted by Gasteiger charge is -2.27. The molecular weight excluding hydrogens is 360 g/mol. The quantitative estimate of drug-likeness (QED) is 0.789. The zero-order valence-electron chi connectivity index (χ0n) is 13.7. The summed E-state index contributed by atoms with van der Waals surface area (Å²) >= 11 is 2.66. The molecule has 9 heteroatoms. The Bertz CT molecular complexity index is 711. The number of nitrogens with two attached hydrogens (primary N) is 1. The average molecular weight is 380 g/mol. The number of carbonyl (C=O) groups excluding carboxylic acids is 2. The highest BCUT2D eigenvalue weighted by Gasteiger charge is 2.22. The van der Waals surface area contributed by atoms with E-state index in [1.807, 2.05) is 11.4 Å². The number of thiophene rings is 1. The Balaban J connectivity index is 1.69. The minimum atomic E-state index is -0.584. The molecule has 1 aliphatic rings. The van der Waals surface area contributed by atoms with Crippen LogP contribution in [0.15, 0.2) is 22.9 Å². The van der Waals surface area contributed by atoms with Gasteiger partial charge in [0, 0.05) is 31.6 Å². The van der Waals surface area contributed by atoms with E-state index in [9.17, 15) is 9.59 Å². The van der Waals surface area contributed by atoms with Crippen LogP contribution in [-0.4, -0.2) is 61.1 Å². The summed E-state index contributed by atoms with van der Waals surface area (Å²) in [6.45, 7) is 4.79. The molecule has 2 aromatic heterocycles. The van der Waals surface area contributed by atoms with Crippen LogP contribution in [-0.2, 0) is 4.74 Å². The predicted octanol–water partition coefficient (Wildman–Crippen LogP) is 1.67. The van der Waals surface area contributed by atoms with E-state index in [0.717, 1.165) is 39.3 Å². The molecule has 7 nitrogen and oxygen atoms in total. The van der Waals surface area contributed by atoms with Gasteiger partial charge in [-0.2, -0.15) is 0 Å². The van der Waals surface area contributed by atoms with Crippen molar-refractivity contribution in [3.05, 3.63) is 33.5 Å². The largest absolute Gasteiger partial charge is 0.379 e. The SMILES string of the molecule is NC(=O)c1csc(N(CCCN2CCOCC2)C(=O)c2cccs2)n1. The van der Waals surface area contributed by atoms with Crippen LogP contribution in [0.5, 0.6) is 0 Å². The molecule has 1 fully saturated rings. The first kappa shape index (κ1) is 18.0. The summed E-state index contributed by atoms with van der Waals surface area (Å²) in [5, 5.41) is 3.97. The summed E-state index contributed by atoms with van der Waals surface area (Å²) in [5.41, 5.74) is 5.47. The van der Waals surface area contributed by atoms with E-state index in [1.54, 1.807) is 16.3 Å². The van der Waals surface area contributed by atoms with Crippen molar-refractivity contribution in [1.82, 2.24) is 9.88 Å². The summed E-state index contributed by atoms with van der Waals surface area (Å²) in [5.74, 6) is -0.679. The Hall–Kier alpha value is -1.81. The lowest BCUT2D eigenvalue weighted by molar-refractivity contribution is 0.0376.